The van der Waals surface area contributed by atoms with E-state index in [4.69, 9.17) is 4.74 Å². The number of phenolic OH excluding ortho intramolecular Hbond substituents is 5. The van der Waals surface area contributed by atoms with Crippen LogP contribution in [0.2, 0.25) is 0 Å². The molecular formula is C35H41NO7. The first-order valence-corrected chi connectivity index (χ1v) is 14.9. The van der Waals surface area contributed by atoms with Gasteiger partial charge in [0.25, 0.3) is 0 Å². The molecule has 0 atom stereocenters. The number of aldehydes is 1. The maximum absolute atomic E-state index is 12.1. The van der Waals surface area contributed by atoms with E-state index in [-0.39, 0.29) is 40.0 Å². The van der Waals surface area contributed by atoms with Gasteiger partial charge >= 0.3 is 0 Å². The Kier molecular flexibility index (Phi) is 8.09. The summed E-state index contributed by atoms with van der Waals surface area (Å²) in [5.74, 6) is -0.922. The predicted molar refractivity (Wildman–Crippen MR) is 169 cm³/mol. The molecule has 0 aromatic heterocycles. The Morgan fingerprint density at radius 1 is 0.791 bits per heavy atom. The molecule has 1 heterocycles. The van der Waals surface area contributed by atoms with Crippen LogP contribution in [0.15, 0.2) is 18.2 Å². The van der Waals surface area contributed by atoms with Crippen molar-refractivity contribution in [3.8, 4) is 45.6 Å². The van der Waals surface area contributed by atoms with E-state index in [1.165, 1.54) is 6.07 Å². The third kappa shape index (κ3) is 4.97. The van der Waals surface area contributed by atoms with E-state index in [2.05, 4.69) is 5.32 Å². The highest BCUT2D eigenvalue weighted by Crippen LogP contribution is 2.53. The number of nitrogens with one attached hydrogen (secondary N) is 1. The fraction of sp³-hybridized carbons (Fsp3) is 0.400. The normalized spacial score (nSPS) is 14.3. The molecule has 4 aromatic carbocycles. The lowest BCUT2D eigenvalue weighted by Crippen LogP contribution is -2.30. The zero-order valence-electron chi connectivity index (χ0n) is 25.6. The van der Waals surface area contributed by atoms with E-state index < -0.39 is 11.5 Å². The number of carbonyl (C=O) groups excluding carboxylic acids is 1. The Labute approximate surface area is 251 Å². The topological polar surface area (TPSA) is 139 Å². The number of aromatic hydroxyl groups is 5. The van der Waals surface area contributed by atoms with Crippen LogP contribution in [0.3, 0.4) is 0 Å². The number of carbonyl (C=O) groups is 1. The Morgan fingerprint density at radius 3 is 1.95 bits per heavy atom. The Balaban J connectivity index is 1.77. The quantitative estimate of drug-likeness (QED) is 0.0982. The summed E-state index contributed by atoms with van der Waals surface area (Å²) in [6.07, 6.45) is 2.42. The molecule has 8 nitrogen and oxygen atoms in total. The van der Waals surface area contributed by atoms with Crippen molar-refractivity contribution in [2.45, 2.75) is 66.2 Å². The summed E-state index contributed by atoms with van der Waals surface area (Å²) < 4.78 is 6.26. The first kappa shape index (κ1) is 30.3. The number of phenols is 5. The molecule has 5 rings (SSSR count). The van der Waals surface area contributed by atoms with E-state index in [1.807, 2.05) is 40.7 Å². The number of piperidine rings is 1. The minimum Gasteiger partial charge on any atom is -0.507 e. The van der Waals surface area contributed by atoms with Crippen LogP contribution in [0.4, 0.5) is 0 Å². The molecule has 0 amide bonds. The molecule has 1 aliphatic rings. The molecule has 1 saturated heterocycles. The van der Waals surface area contributed by atoms with E-state index >= 15 is 0 Å². The molecule has 0 saturated carbocycles. The van der Waals surface area contributed by atoms with Gasteiger partial charge in [-0.1, -0.05) is 39.8 Å². The highest BCUT2D eigenvalue weighted by Gasteiger charge is 2.29. The second-order valence-electron chi connectivity index (χ2n) is 12.4. The molecular weight excluding hydrogens is 546 g/mol. The first-order valence-electron chi connectivity index (χ1n) is 14.9. The largest absolute Gasteiger partial charge is 0.507 e. The number of ether oxygens (including phenoxy) is 1. The summed E-state index contributed by atoms with van der Waals surface area (Å²) in [5, 5.41) is 61.2. The lowest BCUT2D eigenvalue weighted by atomic mass is 9.84. The highest BCUT2D eigenvalue weighted by atomic mass is 16.5. The summed E-state index contributed by atoms with van der Waals surface area (Å²) in [6.45, 7) is 13.7. The van der Waals surface area contributed by atoms with Crippen LogP contribution in [0, 0.1) is 19.8 Å². The molecule has 228 valence electrons. The van der Waals surface area contributed by atoms with Crippen LogP contribution in [0.1, 0.15) is 85.0 Å². The molecule has 43 heavy (non-hydrogen) atoms. The average Bonchev–Trinajstić information content (AvgIpc) is 2.95. The fourth-order valence-corrected chi connectivity index (χ4v) is 6.74. The lowest BCUT2D eigenvalue weighted by molar-refractivity contribution is 0.112. The Morgan fingerprint density at radius 2 is 1.37 bits per heavy atom. The molecule has 0 unspecified atom stereocenters. The molecule has 6 N–H and O–H groups in total. The van der Waals surface area contributed by atoms with Crippen LogP contribution >= 0.6 is 0 Å². The van der Waals surface area contributed by atoms with Gasteiger partial charge in [0.1, 0.15) is 11.5 Å². The Hall–Kier alpha value is -4.17. The number of fused-ring (bicyclic) bond motifs is 2. The Bertz CT molecular complexity index is 1750. The minimum atomic E-state index is -0.598. The second-order valence-corrected chi connectivity index (χ2v) is 12.4. The zero-order chi connectivity index (χ0) is 31.3. The highest BCUT2D eigenvalue weighted by molar-refractivity contribution is 6.12. The van der Waals surface area contributed by atoms with E-state index in [0.29, 0.717) is 63.2 Å². The van der Waals surface area contributed by atoms with Gasteiger partial charge in [-0.2, -0.15) is 0 Å². The second kappa shape index (κ2) is 11.5. The summed E-state index contributed by atoms with van der Waals surface area (Å²) >= 11 is 0. The van der Waals surface area contributed by atoms with Gasteiger partial charge in [-0.3, -0.25) is 4.79 Å². The SMILES string of the molecule is Cc1cc2c(C(C)C)c(OCC3CCNCC3)c(O)cc2c(O)c1-c1c(C)cc2c(C(C)C)c(O)c(O)c(C=O)c2c1O. The summed E-state index contributed by atoms with van der Waals surface area (Å²) in [6, 6.07) is 5.18. The molecule has 0 aliphatic carbocycles. The summed E-state index contributed by atoms with van der Waals surface area (Å²) in [5.41, 5.74) is 2.87. The molecule has 0 radical (unpaired) electrons. The van der Waals surface area contributed by atoms with Gasteiger partial charge in [0.05, 0.1) is 12.2 Å². The van der Waals surface area contributed by atoms with Gasteiger partial charge in [0.15, 0.2) is 29.3 Å². The molecule has 0 bridgehead atoms. The summed E-state index contributed by atoms with van der Waals surface area (Å²) in [4.78, 5) is 12.1. The smallest absolute Gasteiger partial charge is 0.169 e. The van der Waals surface area contributed by atoms with Crippen LogP contribution < -0.4 is 10.1 Å². The third-order valence-electron chi connectivity index (χ3n) is 8.82. The predicted octanol–water partition coefficient (Wildman–Crippen LogP) is 7.24. The van der Waals surface area contributed by atoms with Gasteiger partial charge in [-0.05, 0) is 85.5 Å². The molecule has 1 fully saturated rings. The van der Waals surface area contributed by atoms with Gasteiger partial charge in [0.2, 0.25) is 0 Å². The van der Waals surface area contributed by atoms with Gasteiger partial charge in [0, 0.05) is 33.0 Å². The number of aryl methyl sites for hydroxylation is 2. The maximum atomic E-state index is 12.1. The van der Waals surface area contributed by atoms with Crippen LogP contribution in [-0.4, -0.2) is 51.5 Å². The van der Waals surface area contributed by atoms with E-state index in [1.54, 1.807) is 13.0 Å². The molecule has 4 aromatic rings. The average molecular weight is 588 g/mol. The number of hydrogen-bond donors (Lipinski definition) is 6. The van der Waals surface area contributed by atoms with Crippen LogP contribution in [-0.2, 0) is 0 Å². The molecule has 1 aliphatic heterocycles. The van der Waals surface area contributed by atoms with Crippen molar-refractivity contribution in [1.29, 1.82) is 0 Å². The minimum absolute atomic E-state index is 0.0293. The lowest BCUT2D eigenvalue weighted by Gasteiger charge is -2.25. The van der Waals surface area contributed by atoms with E-state index in [9.17, 15) is 30.3 Å². The fourth-order valence-electron chi connectivity index (χ4n) is 6.74. The molecule has 0 spiro atoms. The number of benzene rings is 4. The van der Waals surface area contributed by atoms with Crippen molar-refractivity contribution >= 4 is 27.8 Å². The standard InChI is InChI=1S/C35H41NO7/c1-16(2)26-23-12-19(6)29(33(41)30(23)24(14-37)32(40)34(26)42)28-18(5)11-21-22(31(28)39)13-25(38)35(27(21)17(3)4)43-15-20-7-9-36-10-8-20/h11-14,16-17,20,36,38-42H,7-10,15H2,1-6H3. The number of hydrogen-bond acceptors (Lipinski definition) is 8. The van der Waals surface area contributed by atoms with Crippen LogP contribution in [0.5, 0.6) is 34.5 Å². The van der Waals surface area contributed by atoms with Crippen LogP contribution in [0.25, 0.3) is 32.7 Å². The maximum Gasteiger partial charge on any atom is 0.169 e. The van der Waals surface area contributed by atoms with Crippen molar-refractivity contribution in [2.24, 2.45) is 5.92 Å². The monoisotopic (exact) mass is 587 g/mol. The number of rotatable bonds is 7. The zero-order valence-corrected chi connectivity index (χ0v) is 25.6. The van der Waals surface area contributed by atoms with Crippen molar-refractivity contribution < 1.29 is 35.1 Å². The van der Waals surface area contributed by atoms with Crippen molar-refractivity contribution in [3.05, 3.63) is 46.0 Å². The van der Waals surface area contributed by atoms with Crippen molar-refractivity contribution in [2.75, 3.05) is 19.7 Å². The van der Waals surface area contributed by atoms with E-state index in [0.717, 1.165) is 36.9 Å². The van der Waals surface area contributed by atoms with Gasteiger partial charge in [-0.25, -0.2) is 0 Å². The van der Waals surface area contributed by atoms with Crippen molar-refractivity contribution in [1.82, 2.24) is 5.32 Å². The third-order valence-corrected chi connectivity index (χ3v) is 8.82. The molecule has 8 heteroatoms. The first-order chi connectivity index (χ1) is 20.4. The van der Waals surface area contributed by atoms with Crippen molar-refractivity contribution in [3.63, 3.8) is 0 Å². The van der Waals surface area contributed by atoms with Gasteiger partial charge < -0.3 is 35.6 Å². The summed E-state index contributed by atoms with van der Waals surface area (Å²) in [7, 11) is 0. The van der Waals surface area contributed by atoms with Gasteiger partial charge in [-0.15, -0.1) is 0 Å².